The number of methoxy groups -OCH3 is 1. The maximum atomic E-state index is 12.4. The van der Waals surface area contributed by atoms with Crippen molar-refractivity contribution < 1.29 is 14.3 Å². The summed E-state index contributed by atoms with van der Waals surface area (Å²) in [5.74, 6) is -0.680. The van der Waals surface area contributed by atoms with Crippen LogP contribution in [0.2, 0.25) is 0 Å². The van der Waals surface area contributed by atoms with Gasteiger partial charge in [0.25, 0.3) is 5.91 Å². The molecular weight excluding hydrogens is 332 g/mol. The van der Waals surface area contributed by atoms with Crippen molar-refractivity contribution in [3.8, 4) is 0 Å². The second-order valence-corrected chi connectivity index (χ2v) is 6.07. The molecule has 1 aromatic carbocycles. The fourth-order valence-electron chi connectivity index (χ4n) is 2.30. The molecule has 2 N–H and O–H groups in total. The first-order chi connectivity index (χ1) is 12.5. The van der Waals surface area contributed by atoms with Crippen LogP contribution in [0, 0.1) is 0 Å². The van der Waals surface area contributed by atoms with Gasteiger partial charge in [0.15, 0.2) is 0 Å². The van der Waals surface area contributed by atoms with Crippen LogP contribution >= 0.6 is 0 Å². The Kier molecular flexibility index (Phi) is 7.11. The number of hydrogen-bond acceptors (Lipinski definition) is 6. The number of anilines is 2. The van der Waals surface area contributed by atoms with Crippen molar-refractivity contribution in [3.05, 3.63) is 53.9 Å². The van der Waals surface area contributed by atoms with E-state index in [1.54, 1.807) is 36.5 Å². The molecule has 26 heavy (non-hydrogen) atoms. The minimum Gasteiger partial charge on any atom is -0.465 e. The average molecular weight is 356 g/mol. The van der Waals surface area contributed by atoms with E-state index >= 15 is 0 Å². The molecule has 0 unspecified atom stereocenters. The lowest BCUT2D eigenvalue weighted by Crippen LogP contribution is -2.17. The topological polar surface area (TPSA) is 83.6 Å². The lowest BCUT2D eigenvalue weighted by atomic mass is 10.2. The standard InChI is InChI=1S/C19H24N4O3/c1-23(2)10-4-9-21-17-11-15(12-20-13-17)18(24)22-16-7-5-14(6-8-16)19(25)26-3/h5-8,11-13,21H,4,9-10H2,1-3H3,(H,22,24). The van der Waals surface area contributed by atoms with Crippen molar-refractivity contribution in [2.75, 3.05) is 44.9 Å². The third-order valence-electron chi connectivity index (χ3n) is 3.68. The van der Waals surface area contributed by atoms with E-state index < -0.39 is 5.97 Å². The molecule has 1 heterocycles. The number of amides is 1. The summed E-state index contributed by atoms with van der Waals surface area (Å²) in [5, 5.41) is 6.05. The zero-order valence-electron chi connectivity index (χ0n) is 15.3. The fourth-order valence-corrected chi connectivity index (χ4v) is 2.30. The molecule has 2 rings (SSSR count). The molecule has 138 valence electrons. The van der Waals surface area contributed by atoms with Gasteiger partial charge < -0.3 is 20.3 Å². The highest BCUT2D eigenvalue weighted by Crippen LogP contribution is 2.14. The van der Waals surface area contributed by atoms with Crippen LogP contribution in [0.15, 0.2) is 42.7 Å². The summed E-state index contributed by atoms with van der Waals surface area (Å²) >= 11 is 0. The van der Waals surface area contributed by atoms with Crippen molar-refractivity contribution in [2.24, 2.45) is 0 Å². The van der Waals surface area contributed by atoms with Gasteiger partial charge in [0.2, 0.25) is 0 Å². The molecule has 7 nitrogen and oxygen atoms in total. The maximum absolute atomic E-state index is 12.4. The second kappa shape index (κ2) is 9.53. The summed E-state index contributed by atoms with van der Waals surface area (Å²) in [6, 6.07) is 8.27. The van der Waals surface area contributed by atoms with E-state index in [-0.39, 0.29) is 5.91 Å². The lowest BCUT2D eigenvalue weighted by Gasteiger charge is -2.11. The molecule has 0 aliphatic carbocycles. The number of benzene rings is 1. The maximum Gasteiger partial charge on any atom is 0.337 e. The third-order valence-corrected chi connectivity index (χ3v) is 3.68. The number of esters is 1. The van der Waals surface area contributed by atoms with Gasteiger partial charge in [-0.05, 0) is 57.4 Å². The molecule has 0 aliphatic heterocycles. The minimum atomic E-state index is -0.417. The van der Waals surface area contributed by atoms with Crippen LogP contribution in [0.1, 0.15) is 27.1 Å². The molecule has 0 fully saturated rings. The van der Waals surface area contributed by atoms with Gasteiger partial charge in [-0.25, -0.2) is 4.79 Å². The van der Waals surface area contributed by atoms with Crippen LogP contribution in [0.3, 0.4) is 0 Å². The van der Waals surface area contributed by atoms with Crippen molar-refractivity contribution in [1.82, 2.24) is 9.88 Å². The zero-order valence-corrected chi connectivity index (χ0v) is 15.3. The smallest absolute Gasteiger partial charge is 0.337 e. The number of carbonyl (C=O) groups is 2. The first-order valence-electron chi connectivity index (χ1n) is 8.33. The predicted molar refractivity (Wildman–Crippen MR) is 102 cm³/mol. The van der Waals surface area contributed by atoms with E-state index in [0.717, 1.165) is 25.2 Å². The predicted octanol–water partition coefficient (Wildman–Crippen LogP) is 2.48. The molecular formula is C19H24N4O3. The normalized spacial score (nSPS) is 10.5. The van der Waals surface area contributed by atoms with E-state index in [4.69, 9.17) is 0 Å². The summed E-state index contributed by atoms with van der Waals surface area (Å²) < 4.78 is 4.65. The number of carbonyl (C=O) groups excluding carboxylic acids is 2. The molecule has 7 heteroatoms. The van der Waals surface area contributed by atoms with Gasteiger partial charge in [-0.15, -0.1) is 0 Å². The van der Waals surface area contributed by atoms with Gasteiger partial charge in [-0.1, -0.05) is 0 Å². The van der Waals surface area contributed by atoms with E-state index in [0.29, 0.717) is 16.8 Å². The van der Waals surface area contributed by atoms with Crippen LogP contribution in [0.25, 0.3) is 0 Å². The Balaban J connectivity index is 1.94. The SMILES string of the molecule is COC(=O)c1ccc(NC(=O)c2cncc(NCCCN(C)C)c2)cc1. The van der Waals surface area contributed by atoms with E-state index in [1.807, 2.05) is 14.1 Å². The largest absolute Gasteiger partial charge is 0.465 e. The van der Waals surface area contributed by atoms with Gasteiger partial charge in [0.05, 0.1) is 23.9 Å². The quantitative estimate of drug-likeness (QED) is 0.558. The van der Waals surface area contributed by atoms with Crippen LogP contribution < -0.4 is 10.6 Å². The highest BCUT2D eigenvalue weighted by Gasteiger charge is 2.09. The van der Waals surface area contributed by atoms with Gasteiger partial charge in [-0.3, -0.25) is 9.78 Å². The van der Waals surface area contributed by atoms with Crippen molar-refractivity contribution in [3.63, 3.8) is 0 Å². The highest BCUT2D eigenvalue weighted by molar-refractivity contribution is 6.04. The highest BCUT2D eigenvalue weighted by atomic mass is 16.5. The number of pyridine rings is 1. The first-order valence-corrected chi connectivity index (χ1v) is 8.33. The van der Waals surface area contributed by atoms with Gasteiger partial charge in [0.1, 0.15) is 0 Å². The summed E-state index contributed by atoms with van der Waals surface area (Å²) in [4.78, 5) is 30.0. The summed E-state index contributed by atoms with van der Waals surface area (Å²) in [6.07, 6.45) is 4.21. The third kappa shape index (κ3) is 5.86. The van der Waals surface area contributed by atoms with Crippen LogP contribution in [-0.2, 0) is 4.74 Å². The van der Waals surface area contributed by atoms with Gasteiger partial charge >= 0.3 is 5.97 Å². The molecule has 0 spiro atoms. The Morgan fingerprint density at radius 3 is 2.46 bits per heavy atom. The number of ether oxygens (including phenoxy) is 1. The molecule has 0 saturated carbocycles. The van der Waals surface area contributed by atoms with Gasteiger partial charge in [0, 0.05) is 24.6 Å². The molecule has 1 aromatic heterocycles. The fraction of sp³-hybridized carbons (Fsp3) is 0.316. The summed E-state index contributed by atoms with van der Waals surface area (Å²) in [5.41, 5.74) is 2.28. The van der Waals surface area contributed by atoms with E-state index in [2.05, 4.69) is 25.3 Å². The number of rotatable bonds is 8. The lowest BCUT2D eigenvalue weighted by molar-refractivity contribution is 0.0600. The number of aromatic nitrogens is 1. The van der Waals surface area contributed by atoms with E-state index in [1.165, 1.54) is 13.3 Å². The molecule has 0 aliphatic rings. The Morgan fingerprint density at radius 1 is 1.08 bits per heavy atom. The first kappa shape index (κ1) is 19.4. The zero-order chi connectivity index (χ0) is 18.9. The summed E-state index contributed by atoms with van der Waals surface area (Å²) in [7, 11) is 5.39. The number of hydrogen-bond donors (Lipinski definition) is 2. The Hall–Kier alpha value is -2.93. The van der Waals surface area contributed by atoms with Crippen molar-refractivity contribution in [2.45, 2.75) is 6.42 Å². The molecule has 0 radical (unpaired) electrons. The Morgan fingerprint density at radius 2 is 1.81 bits per heavy atom. The van der Waals surface area contributed by atoms with Crippen molar-refractivity contribution >= 4 is 23.3 Å². The van der Waals surface area contributed by atoms with E-state index in [9.17, 15) is 9.59 Å². The monoisotopic (exact) mass is 356 g/mol. The average Bonchev–Trinajstić information content (AvgIpc) is 2.65. The van der Waals surface area contributed by atoms with Crippen LogP contribution in [0.5, 0.6) is 0 Å². The Bertz CT molecular complexity index is 745. The molecule has 0 saturated heterocycles. The second-order valence-electron chi connectivity index (χ2n) is 6.07. The number of nitrogens with one attached hydrogen (secondary N) is 2. The van der Waals surface area contributed by atoms with Gasteiger partial charge in [-0.2, -0.15) is 0 Å². The van der Waals surface area contributed by atoms with Crippen molar-refractivity contribution in [1.29, 1.82) is 0 Å². The molecule has 0 atom stereocenters. The van der Waals surface area contributed by atoms with Crippen LogP contribution in [0.4, 0.5) is 11.4 Å². The minimum absolute atomic E-state index is 0.264. The molecule has 1 amide bonds. The molecule has 2 aromatic rings. The Labute approximate surface area is 153 Å². The molecule has 0 bridgehead atoms. The number of nitrogens with zero attached hydrogens (tertiary/aromatic N) is 2. The van der Waals surface area contributed by atoms with Crippen LogP contribution in [-0.4, -0.2) is 56.1 Å². The summed E-state index contributed by atoms with van der Waals surface area (Å²) in [6.45, 7) is 1.79.